The highest BCUT2D eigenvalue weighted by Crippen LogP contribution is 2.50. The molecular formula is C13H14N2O2. The Hall–Kier alpha value is -1.80. The number of rotatable bonds is 2. The molecule has 0 aromatic heterocycles. The van der Waals surface area contributed by atoms with Gasteiger partial charge in [0.1, 0.15) is 12.4 Å². The van der Waals surface area contributed by atoms with Crippen molar-refractivity contribution in [2.45, 2.75) is 18.4 Å². The van der Waals surface area contributed by atoms with Gasteiger partial charge in [0.25, 0.3) is 0 Å². The first kappa shape index (κ1) is 10.4. The number of hydrogen-bond donors (Lipinski definition) is 0. The van der Waals surface area contributed by atoms with Gasteiger partial charge in [-0.3, -0.25) is 0 Å². The van der Waals surface area contributed by atoms with Gasteiger partial charge < -0.3 is 9.64 Å². The predicted octanol–water partition coefficient (Wildman–Crippen LogP) is 1.84. The summed E-state index contributed by atoms with van der Waals surface area (Å²) in [6.07, 6.45) is 3.54. The molecule has 1 saturated carbocycles. The standard InChI is InChI=1S/C13H14N2O2/c1-15-6-7-17-12-8-10(2-3-11(12)15)13(4-5-13)14-9-16/h2-3,8H,4-7H2,1H3. The van der Waals surface area contributed by atoms with Gasteiger partial charge >= 0.3 is 0 Å². The van der Waals surface area contributed by atoms with Gasteiger partial charge in [0.2, 0.25) is 6.08 Å². The highest BCUT2D eigenvalue weighted by Gasteiger charge is 2.45. The Bertz CT molecular complexity index is 502. The first-order valence-corrected chi connectivity index (χ1v) is 5.83. The Balaban J connectivity index is 2.01. The van der Waals surface area contributed by atoms with E-state index in [9.17, 15) is 4.79 Å². The fraction of sp³-hybridized carbons (Fsp3) is 0.462. The van der Waals surface area contributed by atoms with Crippen molar-refractivity contribution in [3.8, 4) is 5.75 Å². The monoisotopic (exact) mass is 230 g/mol. The zero-order valence-corrected chi connectivity index (χ0v) is 9.77. The van der Waals surface area contributed by atoms with Crippen LogP contribution in [0.2, 0.25) is 0 Å². The number of nitrogens with zero attached hydrogens (tertiary/aromatic N) is 2. The van der Waals surface area contributed by atoms with Gasteiger partial charge in [0.15, 0.2) is 0 Å². The fourth-order valence-electron chi connectivity index (χ4n) is 2.32. The molecule has 0 bridgehead atoms. The van der Waals surface area contributed by atoms with Crippen LogP contribution in [0.4, 0.5) is 5.69 Å². The molecule has 4 nitrogen and oxygen atoms in total. The zero-order chi connectivity index (χ0) is 11.9. The Kier molecular flexibility index (Phi) is 2.20. The van der Waals surface area contributed by atoms with E-state index in [2.05, 4.69) is 16.9 Å². The normalized spacial score (nSPS) is 19.9. The van der Waals surface area contributed by atoms with Crippen LogP contribution in [0.5, 0.6) is 5.75 Å². The molecule has 0 N–H and O–H groups in total. The topological polar surface area (TPSA) is 41.9 Å². The Morgan fingerprint density at radius 1 is 1.47 bits per heavy atom. The smallest absolute Gasteiger partial charge is 0.235 e. The number of anilines is 1. The van der Waals surface area contributed by atoms with Crippen LogP contribution in [0.1, 0.15) is 18.4 Å². The molecule has 0 spiro atoms. The third-order valence-electron chi connectivity index (χ3n) is 3.58. The molecule has 1 heterocycles. The van der Waals surface area contributed by atoms with E-state index in [0.717, 1.165) is 36.4 Å². The number of aliphatic imine (C=N–C) groups is 1. The van der Waals surface area contributed by atoms with Crippen molar-refractivity contribution in [2.24, 2.45) is 4.99 Å². The molecule has 1 aromatic carbocycles. The van der Waals surface area contributed by atoms with Gasteiger partial charge in [-0.05, 0) is 30.5 Å². The summed E-state index contributed by atoms with van der Waals surface area (Å²) in [5.74, 6) is 0.892. The van der Waals surface area contributed by atoms with Gasteiger partial charge in [-0.2, -0.15) is 4.99 Å². The van der Waals surface area contributed by atoms with Crippen LogP contribution >= 0.6 is 0 Å². The molecule has 3 rings (SSSR count). The number of carbonyl (C=O) groups excluding carboxylic acids is 1. The van der Waals surface area contributed by atoms with Crippen molar-refractivity contribution in [1.29, 1.82) is 0 Å². The van der Waals surface area contributed by atoms with E-state index in [0.29, 0.717) is 6.61 Å². The van der Waals surface area contributed by atoms with E-state index in [-0.39, 0.29) is 5.54 Å². The lowest BCUT2D eigenvalue weighted by Gasteiger charge is -2.28. The first-order valence-electron chi connectivity index (χ1n) is 5.83. The average molecular weight is 230 g/mol. The van der Waals surface area contributed by atoms with E-state index in [1.54, 1.807) is 6.08 Å². The molecule has 4 heteroatoms. The molecule has 1 aliphatic carbocycles. The molecule has 0 unspecified atom stereocenters. The third-order valence-corrected chi connectivity index (χ3v) is 3.58. The number of isocyanates is 1. The maximum absolute atomic E-state index is 10.4. The maximum atomic E-state index is 10.4. The summed E-state index contributed by atoms with van der Waals surface area (Å²) >= 11 is 0. The second-order valence-corrected chi connectivity index (χ2v) is 4.69. The van der Waals surface area contributed by atoms with Gasteiger partial charge in [-0.25, -0.2) is 4.79 Å². The Labute approximate surface area is 99.9 Å². The molecule has 1 fully saturated rings. The molecule has 1 aliphatic heterocycles. The van der Waals surface area contributed by atoms with Gasteiger partial charge in [0, 0.05) is 7.05 Å². The molecule has 0 amide bonds. The van der Waals surface area contributed by atoms with Crippen molar-refractivity contribution in [1.82, 2.24) is 0 Å². The Morgan fingerprint density at radius 2 is 2.29 bits per heavy atom. The minimum Gasteiger partial charge on any atom is -0.490 e. The summed E-state index contributed by atoms with van der Waals surface area (Å²) in [6.45, 7) is 1.61. The predicted molar refractivity (Wildman–Crippen MR) is 64.2 cm³/mol. The lowest BCUT2D eigenvalue weighted by atomic mass is 10.0. The molecule has 0 atom stereocenters. The van der Waals surface area contributed by atoms with Crippen molar-refractivity contribution >= 4 is 11.8 Å². The molecule has 1 aromatic rings. The summed E-state index contributed by atoms with van der Waals surface area (Å²) in [7, 11) is 2.05. The van der Waals surface area contributed by atoms with Crippen molar-refractivity contribution in [3.63, 3.8) is 0 Å². The summed E-state index contributed by atoms with van der Waals surface area (Å²) in [4.78, 5) is 16.5. The molecule has 2 aliphatic rings. The van der Waals surface area contributed by atoms with Crippen LogP contribution in [-0.4, -0.2) is 26.3 Å². The second kappa shape index (κ2) is 3.60. The summed E-state index contributed by atoms with van der Waals surface area (Å²) < 4.78 is 5.65. The van der Waals surface area contributed by atoms with Crippen molar-refractivity contribution < 1.29 is 9.53 Å². The number of benzene rings is 1. The van der Waals surface area contributed by atoms with Gasteiger partial charge in [-0.1, -0.05) is 6.07 Å². The van der Waals surface area contributed by atoms with E-state index < -0.39 is 0 Å². The van der Waals surface area contributed by atoms with Crippen molar-refractivity contribution in [2.75, 3.05) is 25.1 Å². The third kappa shape index (κ3) is 1.61. The quantitative estimate of drug-likeness (QED) is 0.575. The minimum atomic E-state index is -0.309. The molecule has 0 saturated heterocycles. The van der Waals surface area contributed by atoms with Crippen LogP contribution in [0.15, 0.2) is 23.2 Å². The lowest BCUT2D eigenvalue weighted by Crippen LogP contribution is -2.28. The largest absolute Gasteiger partial charge is 0.490 e. The highest BCUT2D eigenvalue weighted by molar-refractivity contribution is 5.62. The number of likely N-dealkylation sites (N-methyl/N-ethyl adjacent to an activating group) is 1. The average Bonchev–Trinajstić information content (AvgIpc) is 3.11. The van der Waals surface area contributed by atoms with E-state index in [1.807, 2.05) is 18.2 Å². The van der Waals surface area contributed by atoms with Gasteiger partial charge in [0.05, 0.1) is 17.8 Å². The van der Waals surface area contributed by atoms with Gasteiger partial charge in [-0.15, -0.1) is 0 Å². The minimum absolute atomic E-state index is 0.309. The molecule has 17 heavy (non-hydrogen) atoms. The van der Waals surface area contributed by atoms with Crippen LogP contribution in [0, 0.1) is 0 Å². The van der Waals surface area contributed by atoms with Crippen LogP contribution in [0.3, 0.4) is 0 Å². The summed E-state index contributed by atoms with van der Waals surface area (Å²) in [6, 6.07) is 6.10. The number of fused-ring (bicyclic) bond motifs is 1. The van der Waals surface area contributed by atoms with Crippen molar-refractivity contribution in [3.05, 3.63) is 23.8 Å². The van der Waals surface area contributed by atoms with Crippen LogP contribution < -0.4 is 9.64 Å². The lowest BCUT2D eigenvalue weighted by molar-refractivity contribution is 0.310. The summed E-state index contributed by atoms with van der Waals surface area (Å²) in [5, 5.41) is 0. The van der Waals surface area contributed by atoms with E-state index in [1.165, 1.54) is 0 Å². The highest BCUT2D eigenvalue weighted by atomic mass is 16.5. The first-order chi connectivity index (χ1) is 8.25. The Morgan fingerprint density at radius 3 is 3.00 bits per heavy atom. The molecule has 0 radical (unpaired) electrons. The van der Waals surface area contributed by atoms with E-state index in [4.69, 9.17) is 4.74 Å². The molecule has 88 valence electrons. The van der Waals surface area contributed by atoms with E-state index >= 15 is 0 Å². The molecular weight excluding hydrogens is 216 g/mol. The second-order valence-electron chi connectivity index (χ2n) is 4.69. The SMILES string of the molecule is CN1CCOc2cc(C3(N=C=O)CC3)ccc21. The number of hydrogen-bond acceptors (Lipinski definition) is 4. The van der Waals surface area contributed by atoms with Crippen LogP contribution in [-0.2, 0) is 10.3 Å². The number of ether oxygens (including phenoxy) is 1. The summed E-state index contributed by atoms with van der Waals surface area (Å²) in [5.41, 5.74) is 1.86. The fourth-order valence-corrected chi connectivity index (χ4v) is 2.32. The van der Waals surface area contributed by atoms with Crippen LogP contribution in [0.25, 0.3) is 0 Å². The zero-order valence-electron chi connectivity index (χ0n) is 9.77. The maximum Gasteiger partial charge on any atom is 0.235 e.